The summed E-state index contributed by atoms with van der Waals surface area (Å²) in [6.07, 6.45) is 3.43. The summed E-state index contributed by atoms with van der Waals surface area (Å²) in [4.78, 5) is 0.284. The fourth-order valence-corrected chi connectivity index (χ4v) is 4.66. The summed E-state index contributed by atoms with van der Waals surface area (Å²) in [6.45, 7) is 4.56. The van der Waals surface area contributed by atoms with E-state index in [1.807, 2.05) is 0 Å². The molecular weight excluding hydrogens is 264 g/mol. The number of aryl methyl sites for hydroxylation is 1. The predicted molar refractivity (Wildman–Crippen MR) is 73.1 cm³/mol. The Labute approximate surface area is 114 Å². The predicted octanol–water partition coefficient (Wildman–Crippen LogP) is 1.33. The average Bonchev–Trinajstić information content (AvgIpc) is 2.94. The molecule has 19 heavy (non-hydrogen) atoms. The number of hydrogen-bond acceptors (Lipinski definition) is 3. The highest BCUT2D eigenvalue weighted by Crippen LogP contribution is 2.30. The minimum atomic E-state index is -3.44. The SMILES string of the molecule is CC(C)C1CCCN1S(=O)(=O)c1cc(CO)n(C)c1. The molecule has 0 radical (unpaired) electrons. The van der Waals surface area contributed by atoms with Crippen LogP contribution in [0, 0.1) is 5.92 Å². The number of hydrogen-bond donors (Lipinski definition) is 1. The Morgan fingerprint density at radius 3 is 2.68 bits per heavy atom. The van der Waals surface area contributed by atoms with Gasteiger partial charge in [-0.1, -0.05) is 13.8 Å². The molecule has 1 aromatic heterocycles. The fraction of sp³-hybridized carbons (Fsp3) is 0.692. The van der Waals surface area contributed by atoms with Crippen LogP contribution < -0.4 is 0 Å². The van der Waals surface area contributed by atoms with Crippen molar-refractivity contribution in [2.24, 2.45) is 13.0 Å². The van der Waals surface area contributed by atoms with Crippen molar-refractivity contribution < 1.29 is 13.5 Å². The van der Waals surface area contributed by atoms with Crippen LogP contribution in [0.1, 0.15) is 32.4 Å². The molecule has 1 unspecified atom stereocenters. The summed E-state index contributed by atoms with van der Waals surface area (Å²) >= 11 is 0. The van der Waals surface area contributed by atoms with E-state index >= 15 is 0 Å². The molecule has 1 aromatic rings. The first-order chi connectivity index (χ1) is 8.87. The molecule has 5 nitrogen and oxygen atoms in total. The van der Waals surface area contributed by atoms with Gasteiger partial charge in [0.05, 0.1) is 6.61 Å². The van der Waals surface area contributed by atoms with Crippen LogP contribution >= 0.6 is 0 Å². The van der Waals surface area contributed by atoms with Gasteiger partial charge in [-0.2, -0.15) is 4.31 Å². The Morgan fingerprint density at radius 1 is 1.47 bits per heavy atom. The smallest absolute Gasteiger partial charge is 0.244 e. The van der Waals surface area contributed by atoms with Crippen LogP contribution in [0.2, 0.25) is 0 Å². The lowest BCUT2D eigenvalue weighted by molar-refractivity contribution is 0.272. The van der Waals surface area contributed by atoms with Gasteiger partial charge in [0.1, 0.15) is 4.90 Å². The van der Waals surface area contributed by atoms with Crippen molar-refractivity contribution >= 4 is 10.0 Å². The minimum absolute atomic E-state index is 0.0859. The largest absolute Gasteiger partial charge is 0.390 e. The van der Waals surface area contributed by atoms with Gasteiger partial charge in [0.15, 0.2) is 0 Å². The van der Waals surface area contributed by atoms with Crippen LogP contribution in [0.4, 0.5) is 0 Å². The van der Waals surface area contributed by atoms with Crippen LogP contribution in [-0.4, -0.2) is 35.0 Å². The lowest BCUT2D eigenvalue weighted by Gasteiger charge is -2.26. The maximum Gasteiger partial charge on any atom is 0.244 e. The summed E-state index contributed by atoms with van der Waals surface area (Å²) in [5.74, 6) is 0.318. The van der Waals surface area contributed by atoms with Gasteiger partial charge < -0.3 is 9.67 Å². The molecule has 0 spiro atoms. The van der Waals surface area contributed by atoms with E-state index in [1.54, 1.807) is 28.2 Å². The van der Waals surface area contributed by atoms with Crippen LogP contribution in [0.5, 0.6) is 0 Å². The summed E-state index contributed by atoms with van der Waals surface area (Å²) in [5.41, 5.74) is 0.610. The fourth-order valence-electron chi connectivity index (χ4n) is 2.74. The van der Waals surface area contributed by atoms with E-state index < -0.39 is 10.0 Å². The van der Waals surface area contributed by atoms with Crippen LogP contribution in [0.15, 0.2) is 17.2 Å². The topological polar surface area (TPSA) is 62.5 Å². The van der Waals surface area contributed by atoms with Gasteiger partial charge in [0.25, 0.3) is 0 Å². The highest BCUT2D eigenvalue weighted by Gasteiger charge is 2.37. The molecule has 1 saturated heterocycles. The Balaban J connectivity index is 2.36. The minimum Gasteiger partial charge on any atom is -0.390 e. The summed E-state index contributed by atoms with van der Waals surface area (Å²) in [7, 11) is -1.70. The molecule has 0 saturated carbocycles. The van der Waals surface area contributed by atoms with E-state index in [4.69, 9.17) is 0 Å². The zero-order valence-electron chi connectivity index (χ0n) is 11.7. The standard InChI is InChI=1S/C13H22N2O3S/c1-10(2)13-5-4-6-15(13)19(17,18)12-7-11(9-16)14(3)8-12/h7-8,10,13,16H,4-6,9H2,1-3H3. The van der Waals surface area contributed by atoms with E-state index in [9.17, 15) is 13.5 Å². The van der Waals surface area contributed by atoms with Crippen molar-refractivity contribution in [1.29, 1.82) is 0 Å². The maximum absolute atomic E-state index is 12.7. The normalized spacial score (nSPS) is 21.4. The van der Waals surface area contributed by atoms with E-state index in [0.717, 1.165) is 12.8 Å². The molecule has 0 bridgehead atoms. The molecule has 2 heterocycles. The van der Waals surface area contributed by atoms with E-state index in [1.165, 1.54) is 0 Å². The first-order valence-electron chi connectivity index (χ1n) is 6.66. The van der Waals surface area contributed by atoms with Crippen LogP contribution in [-0.2, 0) is 23.7 Å². The van der Waals surface area contributed by atoms with Crippen molar-refractivity contribution in [2.75, 3.05) is 6.54 Å². The van der Waals surface area contributed by atoms with Crippen molar-refractivity contribution in [3.63, 3.8) is 0 Å². The Bertz CT molecular complexity index is 548. The van der Waals surface area contributed by atoms with Gasteiger partial charge in [0.2, 0.25) is 10.0 Å². The van der Waals surface area contributed by atoms with E-state index in [-0.39, 0.29) is 17.5 Å². The molecule has 0 aromatic carbocycles. The van der Waals surface area contributed by atoms with Gasteiger partial charge in [-0.25, -0.2) is 8.42 Å². The Kier molecular flexibility index (Phi) is 4.03. The van der Waals surface area contributed by atoms with Crippen molar-refractivity contribution in [1.82, 2.24) is 8.87 Å². The highest BCUT2D eigenvalue weighted by atomic mass is 32.2. The summed E-state index contributed by atoms with van der Waals surface area (Å²) in [5, 5.41) is 9.17. The molecule has 108 valence electrons. The molecule has 1 fully saturated rings. The zero-order valence-corrected chi connectivity index (χ0v) is 12.5. The third-order valence-electron chi connectivity index (χ3n) is 3.87. The van der Waals surface area contributed by atoms with Crippen molar-refractivity contribution in [2.45, 2.75) is 44.2 Å². The number of aromatic nitrogens is 1. The van der Waals surface area contributed by atoms with E-state index in [0.29, 0.717) is 18.2 Å². The van der Waals surface area contributed by atoms with Crippen LogP contribution in [0.25, 0.3) is 0 Å². The van der Waals surface area contributed by atoms with Crippen LogP contribution in [0.3, 0.4) is 0 Å². The Morgan fingerprint density at radius 2 is 2.16 bits per heavy atom. The number of sulfonamides is 1. The third-order valence-corrected chi connectivity index (χ3v) is 5.76. The van der Waals surface area contributed by atoms with Gasteiger partial charge in [-0.3, -0.25) is 0 Å². The average molecular weight is 286 g/mol. The molecular formula is C13H22N2O3S. The molecule has 1 N–H and O–H groups in total. The molecule has 6 heteroatoms. The Hall–Kier alpha value is -0.850. The molecule has 2 rings (SSSR count). The molecule has 1 atom stereocenters. The van der Waals surface area contributed by atoms with Gasteiger partial charge in [-0.05, 0) is 24.8 Å². The zero-order chi connectivity index (χ0) is 14.2. The maximum atomic E-state index is 12.7. The third kappa shape index (κ3) is 2.57. The second-order valence-electron chi connectivity index (χ2n) is 5.51. The number of aliphatic hydroxyl groups excluding tert-OH is 1. The van der Waals surface area contributed by atoms with Gasteiger partial charge >= 0.3 is 0 Å². The molecule has 1 aliphatic heterocycles. The quantitative estimate of drug-likeness (QED) is 0.908. The van der Waals surface area contributed by atoms with E-state index in [2.05, 4.69) is 13.8 Å². The lowest BCUT2D eigenvalue weighted by atomic mass is 10.0. The molecule has 1 aliphatic rings. The highest BCUT2D eigenvalue weighted by molar-refractivity contribution is 7.89. The molecule has 0 aliphatic carbocycles. The first-order valence-corrected chi connectivity index (χ1v) is 8.10. The summed E-state index contributed by atoms with van der Waals surface area (Å²) < 4.78 is 28.6. The van der Waals surface area contributed by atoms with Gasteiger partial charge in [0, 0.05) is 31.5 Å². The number of rotatable bonds is 4. The molecule has 0 amide bonds. The monoisotopic (exact) mass is 286 g/mol. The lowest BCUT2D eigenvalue weighted by Crippen LogP contribution is -2.38. The van der Waals surface area contributed by atoms with Crippen molar-refractivity contribution in [3.05, 3.63) is 18.0 Å². The number of aliphatic hydroxyl groups is 1. The second kappa shape index (κ2) is 5.26. The summed E-state index contributed by atoms with van der Waals surface area (Å²) in [6, 6.07) is 1.65. The van der Waals surface area contributed by atoms with Gasteiger partial charge in [-0.15, -0.1) is 0 Å². The first kappa shape index (κ1) is 14.6. The number of nitrogens with zero attached hydrogens (tertiary/aromatic N) is 2. The van der Waals surface area contributed by atoms with Crippen molar-refractivity contribution in [3.8, 4) is 0 Å². The second-order valence-corrected chi connectivity index (χ2v) is 7.40.